The van der Waals surface area contributed by atoms with Crippen molar-refractivity contribution < 1.29 is 9.47 Å². The van der Waals surface area contributed by atoms with E-state index in [0.29, 0.717) is 5.92 Å². The van der Waals surface area contributed by atoms with E-state index in [4.69, 9.17) is 15.2 Å². The lowest BCUT2D eigenvalue weighted by Gasteiger charge is -2.38. The van der Waals surface area contributed by atoms with E-state index in [9.17, 15) is 0 Å². The smallest absolute Gasteiger partial charge is 0.162 e. The maximum absolute atomic E-state index is 6.35. The van der Waals surface area contributed by atoms with Crippen LogP contribution in [0.4, 0.5) is 5.69 Å². The third kappa shape index (κ3) is 3.49. The van der Waals surface area contributed by atoms with Gasteiger partial charge in [0.25, 0.3) is 0 Å². The molecule has 0 aromatic heterocycles. The lowest BCUT2D eigenvalue weighted by Crippen LogP contribution is -2.46. The number of nitrogens with zero attached hydrogens (tertiary/aromatic N) is 1. The minimum absolute atomic E-state index is 0.165. The van der Waals surface area contributed by atoms with Crippen LogP contribution in [0.5, 0.6) is 11.5 Å². The van der Waals surface area contributed by atoms with Crippen LogP contribution in [0, 0.1) is 6.92 Å². The molecule has 3 rings (SSSR count). The molecule has 1 fully saturated rings. The Balaban J connectivity index is 1.84. The Hall–Kier alpha value is -2.20. The van der Waals surface area contributed by atoms with Crippen LogP contribution in [-0.4, -0.2) is 33.4 Å². The lowest BCUT2D eigenvalue weighted by molar-refractivity contribution is 0.354. The maximum Gasteiger partial charge on any atom is 0.162 e. The zero-order chi connectivity index (χ0) is 17.1. The van der Waals surface area contributed by atoms with E-state index in [0.717, 1.165) is 36.7 Å². The van der Waals surface area contributed by atoms with E-state index in [-0.39, 0.29) is 6.04 Å². The van der Waals surface area contributed by atoms with E-state index < -0.39 is 0 Å². The van der Waals surface area contributed by atoms with Crippen LogP contribution in [0.1, 0.15) is 23.5 Å². The van der Waals surface area contributed by atoms with Crippen LogP contribution < -0.4 is 20.1 Å². The molecule has 1 saturated heterocycles. The Morgan fingerprint density at radius 3 is 2.33 bits per heavy atom. The Morgan fingerprint density at radius 1 is 0.958 bits per heavy atom. The number of piperidine rings is 1. The predicted molar refractivity (Wildman–Crippen MR) is 98.3 cm³/mol. The molecule has 1 aliphatic rings. The Kier molecular flexibility index (Phi) is 4.95. The molecule has 0 bridgehead atoms. The molecule has 0 aliphatic carbocycles. The zero-order valence-electron chi connectivity index (χ0n) is 14.7. The van der Waals surface area contributed by atoms with Crippen LogP contribution in [0.2, 0.25) is 0 Å². The van der Waals surface area contributed by atoms with E-state index in [2.05, 4.69) is 42.2 Å². The minimum Gasteiger partial charge on any atom is -0.493 e. The van der Waals surface area contributed by atoms with Crippen molar-refractivity contribution in [1.29, 1.82) is 0 Å². The minimum atomic E-state index is 0.165. The first-order valence-electron chi connectivity index (χ1n) is 8.40. The van der Waals surface area contributed by atoms with Crippen LogP contribution in [0.3, 0.4) is 0 Å². The lowest BCUT2D eigenvalue weighted by atomic mass is 9.87. The first-order valence-corrected chi connectivity index (χ1v) is 8.40. The number of rotatable bonds is 4. The fourth-order valence-electron chi connectivity index (χ4n) is 3.45. The molecule has 0 spiro atoms. The molecule has 4 heteroatoms. The third-order valence-corrected chi connectivity index (χ3v) is 4.76. The van der Waals surface area contributed by atoms with Crippen molar-refractivity contribution >= 4 is 5.69 Å². The van der Waals surface area contributed by atoms with Gasteiger partial charge in [-0.3, -0.25) is 0 Å². The molecule has 2 aromatic rings. The third-order valence-electron chi connectivity index (χ3n) is 4.76. The van der Waals surface area contributed by atoms with Crippen LogP contribution in [0.25, 0.3) is 0 Å². The summed E-state index contributed by atoms with van der Waals surface area (Å²) in [7, 11) is 3.32. The molecule has 2 unspecified atom stereocenters. The number of hydrogen-bond acceptors (Lipinski definition) is 4. The molecule has 2 N–H and O–H groups in total. The van der Waals surface area contributed by atoms with Crippen LogP contribution in [-0.2, 0) is 0 Å². The molecular weight excluding hydrogens is 300 g/mol. The molecule has 2 atom stereocenters. The molecule has 1 aliphatic heterocycles. The average molecular weight is 326 g/mol. The fourth-order valence-corrected chi connectivity index (χ4v) is 3.45. The quantitative estimate of drug-likeness (QED) is 0.936. The molecule has 2 aromatic carbocycles. The van der Waals surface area contributed by atoms with Gasteiger partial charge in [0.2, 0.25) is 0 Å². The van der Waals surface area contributed by atoms with Gasteiger partial charge in [-0.15, -0.1) is 0 Å². The average Bonchev–Trinajstić information content (AvgIpc) is 2.61. The molecular formula is C20H26N2O2. The maximum atomic E-state index is 6.35. The molecule has 0 amide bonds. The van der Waals surface area contributed by atoms with E-state index >= 15 is 0 Å². The standard InChI is InChI=1S/C20H26N2O2/c1-14-4-6-15(7-5-14)16-10-17(21)13-22(12-16)18-8-9-19(23-2)20(11-18)24-3/h4-9,11,16-17H,10,12-13,21H2,1-3H3. The Morgan fingerprint density at radius 2 is 1.67 bits per heavy atom. The largest absolute Gasteiger partial charge is 0.493 e. The summed E-state index contributed by atoms with van der Waals surface area (Å²) in [4.78, 5) is 2.35. The fraction of sp³-hybridized carbons (Fsp3) is 0.400. The zero-order valence-corrected chi connectivity index (χ0v) is 14.7. The monoisotopic (exact) mass is 326 g/mol. The molecule has 24 heavy (non-hydrogen) atoms. The Bertz CT molecular complexity index is 685. The van der Waals surface area contributed by atoms with Gasteiger partial charge in [0.05, 0.1) is 14.2 Å². The van der Waals surface area contributed by atoms with Crippen molar-refractivity contribution in [2.45, 2.75) is 25.3 Å². The topological polar surface area (TPSA) is 47.7 Å². The number of benzene rings is 2. The molecule has 0 radical (unpaired) electrons. The van der Waals surface area contributed by atoms with Gasteiger partial charge in [-0.1, -0.05) is 29.8 Å². The summed E-state index contributed by atoms with van der Waals surface area (Å²) in [5, 5.41) is 0. The highest BCUT2D eigenvalue weighted by Gasteiger charge is 2.27. The number of methoxy groups -OCH3 is 2. The van der Waals surface area contributed by atoms with E-state index in [1.807, 2.05) is 12.1 Å². The van der Waals surface area contributed by atoms with E-state index in [1.54, 1.807) is 14.2 Å². The van der Waals surface area contributed by atoms with Crippen molar-refractivity contribution in [1.82, 2.24) is 0 Å². The summed E-state index contributed by atoms with van der Waals surface area (Å²) in [6.45, 7) is 3.94. The van der Waals surface area contributed by atoms with Crippen LogP contribution >= 0.6 is 0 Å². The first kappa shape index (κ1) is 16.7. The van der Waals surface area contributed by atoms with E-state index in [1.165, 1.54) is 11.1 Å². The summed E-state index contributed by atoms with van der Waals surface area (Å²) in [6.07, 6.45) is 1.02. The van der Waals surface area contributed by atoms with Crippen LogP contribution in [0.15, 0.2) is 42.5 Å². The first-order chi connectivity index (χ1) is 11.6. The summed E-state index contributed by atoms with van der Waals surface area (Å²) in [6, 6.07) is 15.0. The van der Waals surface area contributed by atoms with Gasteiger partial charge in [-0.05, 0) is 31.0 Å². The molecule has 0 saturated carbocycles. The number of ether oxygens (including phenoxy) is 2. The predicted octanol–water partition coefficient (Wildman–Crippen LogP) is 3.33. The van der Waals surface area contributed by atoms with Gasteiger partial charge in [0.1, 0.15) is 0 Å². The summed E-state index contributed by atoms with van der Waals surface area (Å²) < 4.78 is 10.8. The van der Waals surface area contributed by atoms with Gasteiger partial charge in [0, 0.05) is 36.8 Å². The van der Waals surface area contributed by atoms with Crippen molar-refractivity contribution in [2.24, 2.45) is 5.73 Å². The van der Waals surface area contributed by atoms with Crippen molar-refractivity contribution in [3.05, 3.63) is 53.6 Å². The molecule has 4 nitrogen and oxygen atoms in total. The second-order valence-electron chi connectivity index (χ2n) is 6.55. The highest BCUT2D eigenvalue weighted by atomic mass is 16.5. The molecule has 128 valence electrons. The summed E-state index contributed by atoms with van der Waals surface area (Å²) >= 11 is 0. The molecule has 1 heterocycles. The Labute approximate surface area is 144 Å². The van der Waals surface area contributed by atoms with Gasteiger partial charge in [0.15, 0.2) is 11.5 Å². The highest BCUT2D eigenvalue weighted by Crippen LogP contribution is 2.35. The normalized spacial score (nSPS) is 20.8. The number of anilines is 1. The van der Waals surface area contributed by atoms with Gasteiger partial charge < -0.3 is 20.1 Å². The second kappa shape index (κ2) is 7.14. The number of aryl methyl sites for hydroxylation is 1. The summed E-state index contributed by atoms with van der Waals surface area (Å²) in [5.41, 5.74) is 10.1. The second-order valence-corrected chi connectivity index (χ2v) is 6.55. The SMILES string of the molecule is COc1ccc(N2CC(N)CC(c3ccc(C)cc3)C2)cc1OC. The van der Waals surface area contributed by atoms with Crippen molar-refractivity contribution in [2.75, 3.05) is 32.2 Å². The van der Waals surface area contributed by atoms with Crippen molar-refractivity contribution in [3.8, 4) is 11.5 Å². The van der Waals surface area contributed by atoms with Gasteiger partial charge in [-0.25, -0.2) is 0 Å². The number of hydrogen-bond donors (Lipinski definition) is 1. The van der Waals surface area contributed by atoms with Gasteiger partial charge in [-0.2, -0.15) is 0 Å². The van der Waals surface area contributed by atoms with Gasteiger partial charge >= 0.3 is 0 Å². The van der Waals surface area contributed by atoms with Crippen molar-refractivity contribution in [3.63, 3.8) is 0 Å². The highest BCUT2D eigenvalue weighted by molar-refractivity contribution is 5.57. The summed E-state index contributed by atoms with van der Waals surface area (Å²) in [5.74, 6) is 1.95. The number of nitrogens with two attached hydrogens (primary N) is 1.